The van der Waals surface area contributed by atoms with Crippen molar-refractivity contribution in [2.24, 2.45) is 5.92 Å². The second-order valence-electron chi connectivity index (χ2n) is 8.47. The van der Waals surface area contributed by atoms with Crippen LogP contribution in [0.4, 0.5) is 11.4 Å². The molecule has 33 heavy (non-hydrogen) atoms. The smallest absolute Gasteiger partial charge is 0.277 e. The quantitative estimate of drug-likeness (QED) is 0.587. The van der Waals surface area contributed by atoms with Crippen molar-refractivity contribution in [2.75, 3.05) is 23.3 Å². The topological polar surface area (TPSA) is 103 Å². The Balaban J connectivity index is 1.30. The van der Waals surface area contributed by atoms with E-state index in [2.05, 4.69) is 15.7 Å². The number of fused-ring (bicyclic) bond motifs is 1. The van der Waals surface area contributed by atoms with Crippen molar-refractivity contribution in [2.45, 2.75) is 25.9 Å². The van der Waals surface area contributed by atoms with Gasteiger partial charge in [-0.3, -0.25) is 14.3 Å². The van der Waals surface area contributed by atoms with Gasteiger partial charge in [0.05, 0.1) is 29.9 Å². The third-order valence-corrected chi connectivity index (χ3v) is 6.02. The molecule has 2 heterocycles. The van der Waals surface area contributed by atoms with Crippen LogP contribution in [-0.4, -0.2) is 34.7 Å². The lowest BCUT2D eigenvalue weighted by molar-refractivity contribution is 0.0947. The van der Waals surface area contributed by atoms with Gasteiger partial charge in [-0.25, -0.2) is 0 Å². The van der Waals surface area contributed by atoms with E-state index in [1.54, 1.807) is 33.8 Å². The predicted molar refractivity (Wildman–Crippen MR) is 124 cm³/mol. The summed E-state index contributed by atoms with van der Waals surface area (Å²) in [6.45, 7) is 2.86. The summed E-state index contributed by atoms with van der Waals surface area (Å²) in [6, 6.07) is 16.6. The molecule has 2 aliphatic rings. The molecule has 2 amide bonds. The lowest BCUT2D eigenvalue weighted by atomic mass is 10.1. The zero-order chi connectivity index (χ0) is 22.8. The van der Waals surface area contributed by atoms with Crippen LogP contribution >= 0.6 is 0 Å². The van der Waals surface area contributed by atoms with Crippen LogP contribution in [0, 0.1) is 17.2 Å². The third kappa shape index (κ3) is 4.49. The summed E-state index contributed by atoms with van der Waals surface area (Å²) in [5, 5.41) is 19.5. The van der Waals surface area contributed by atoms with E-state index in [0.29, 0.717) is 24.3 Å². The summed E-state index contributed by atoms with van der Waals surface area (Å²) >= 11 is 0. The van der Waals surface area contributed by atoms with Crippen molar-refractivity contribution in [1.29, 1.82) is 5.26 Å². The largest absolute Gasteiger partial charge is 0.322 e. The fourth-order valence-electron chi connectivity index (χ4n) is 4.02. The second-order valence-corrected chi connectivity index (χ2v) is 8.47. The molecule has 0 atom stereocenters. The van der Waals surface area contributed by atoms with E-state index in [-0.39, 0.29) is 17.2 Å². The zero-order valence-corrected chi connectivity index (χ0v) is 18.1. The van der Waals surface area contributed by atoms with Crippen LogP contribution in [0.25, 0.3) is 0 Å². The van der Waals surface area contributed by atoms with Gasteiger partial charge in [0.15, 0.2) is 0 Å². The van der Waals surface area contributed by atoms with E-state index < -0.39 is 5.91 Å². The number of nitriles is 1. The van der Waals surface area contributed by atoms with Crippen LogP contribution in [0.2, 0.25) is 0 Å². The molecule has 0 saturated heterocycles. The monoisotopic (exact) mass is 440 g/mol. The van der Waals surface area contributed by atoms with E-state index in [1.807, 2.05) is 30.3 Å². The summed E-state index contributed by atoms with van der Waals surface area (Å²) in [4.78, 5) is 27.9. The number of nitrogens with one attached hydrogen (secondary N) is 2. The van der Waals surface area contributed by atoms with E-state index in [0.717, 1.165) is 24.7 Å². The van der Waals surface area contributed by atoms with Crippen molar-refractivity contribution in [3.63, 3.8) is 0 Å². The first-order valence-electron chi connectivity index (χ1n) is 11.1. The molecule has 1 aliphatic carbocycles. The second kappa shape index (κ2) is 8.88. The molecule has 2 N–H and O–H groups in total. The summed E-state index contributed by atoms with van der Waals surface area (Å²) < 4.78 is 1.58. The standard InChI is InChI=1S/C25H24N6O2/c26-13-19-2-1-3-20(12-19)29-24(32)22-16-28-31-11-10-30(25(33)23(22)31)21-8-6-18(7-9-21)15-27-14-17-4-5-17/h1-3,6-9,12,16-17,27H,4-5,10-11,14-15H2,(H,29,32). The minimum Gasteiger partial charge on any atom is -0.322 e. The third-order valence-electron chi connectivity index (χ3n) is 6.02. The van der Waals surface area contributed by atoms with E-state index in [9.17, 15) is 9.59 Å². The molecule has 1 fully saturated rings. The molecule has 1 aliphatic heterocycles. The highest BCUT2D eigenvalue weighted by Gasteiger charge is 2.32. The Hall–Kier alpha value is -3.96. The van der Waals surface area contributed by atoms with Crippen LogP contribution in [0.3, 0.4) is 0 Å². The summed E-state index contributed by atoms with van der Waals surface area (Å²) in [5.74, 6) is 0.148. The normalized spacial score (nSPS) is 15.1. The Kier molecular flexibility index (Phi) is 5.63. The number of aromatic nitrogens is 2. The van der Waals surface area contributed by atoms with Crippen molar-refractivity contribution in [3.05, 3.63) is 77.1 Å². The van der Waals surface area contributed by atoms with Gasteiger partial charge >= 0.3 is 0 Å². The van der Waals surface area contributed by atoms with Crippen LogP contribution in [0.1, 0.15) is 44.8 Å². The Morgan fingerprint density at radius 3 is 2.73 bits per heavy atom. The number of amides is 2. The molecule has 8 nitrogen and oxygen atoms in total. The van der Waals surface area contributed by atoms with Gasteiger partial charge < -0.3 is 15.5 Å². The number of nitrogens with zero attached hydrogens (tertiary/aromatic N) is 4. The molecule has 0 unspecified atom stereocenters. The highest BCUT2D eigenvalue weighted by molar-refractivity contribution is 6.15. The summed E-state index contributed by atoms with van der Waals surface area (Å²) in [6.07, 6.45) is 4.08. The van der Waals surface area contributed by atoms with Crippen molar-refractivity contribution in [3.8, 4) is 6.07 Å². The van der Waals surface area contributed by atoms with Gasteiger partial charge in [0.25, 0.3) is 11.8 Å². The lowest BCUT2D eigenvalue weighted by Gasteiger charge is -2.28. The van der Waals surface area contributed by atoms with Crippen LogP contribution < -0.4 is 15.5 Å². The molecular formula is C25H24N6O2. The maximum atomic E-state index is 13.3. The number of rotatable bonds is 7. The Labute approximate surface area is 191 Å². The molecule has 1 aromatic heterocycles. The van der Waals surface area contributed by atoms with Gasteiger partial charge in [-0.1, -0.05) is 18.2 Å². The van der Waals surface area contributed by atoms with Gasteiger partial charge in [-0.2, -0.15) is 10.4 Å². The SMILES string of the molecule is N#Cc1cccc(NC(=O)c2cnn3c2C(=O)N(c2ccc(CNCC4CC4)cc2)CC3)c1. The van der Waals surface area contributed by atoms with E-state index in [4.69, 9.17) is 5.26 Å². The van der Waals surface area contributed by atoms with E-state index in [1.165, 1.54) is 24.6 Å². The van der Waals surface area contributed by atoms with Gasteiger partial charge in [0, 0.05) is 24.5 Å². The minimum absolute atomic E-state index is 0.216. The maximum absolute atomic E-state index is 13.3. The fraction of sp³-hybridized carbons (Fsp3) is 0.280. The number of carbonyl (C=O) groups excluding carboxylic acids is 2. The Morgan fingerprint density at radius 1 is 1.15 bits per heavy atom. The van der Waals surface area contributed by atoms with Gasteiger partial charge in [-0.15, -0.1) is 0 Å². The zero-order valence-electron chi connectivity index (χ0n) is 18.1. The number of anilines is 2. The van der Waals surface area contributed by atoms with Crippen molar-refractivity contribution < 1.29 is 9.59 Å². The minimum atomic E-state index is -0.432. The average Bonchev–Trinajstić information content (AvgIpc) is 3.55. The van der Waals surface area contributed by atoms with Crippen LogP contribution in [0.15, 0.2) is 54.7 Å². The number of benzene rings is 2. The molecule has 0 spiro atoms. The van der Waals surface area contributed by atoms with E-state index >= 15 is 0 Å². The fourth-order valence-corrected chi connectivity index (χ4v) is 4.02. The van der Waals surface area contributed by atoms with Gasteiger partial charge in [0.1, 0.15) is 5.69 Å². The molecule has 1 saturated carbocycles. The summed E-state index contributed by atoms with van der Waals surface area (Å²) in [5.41, 5.74) is 3.39. The molecule has 0 radical (unpaired) electrons. The van der Waals surface area contributed by atoms with Crippen LogP contribution in [0.5, 0.6) is 0 Å². The number of hydrogen-bond donors (Lipinski definition) is 2. The molecule has 8 heteroatoms. The van der Waals surface area contributed by atoms with Crippen molar-refractivity contribution in [1.82, 2.24) is 15.1 Å². The Bertz CT molecular complexity index is 1240. The molecular weight excluding hydrogens is 416 g/mol. The molecule has 5 rings (SSSR count). The van der Waals surface area contributed by atoms with Crippen LogP contribution in [-0.2, 0) is 13.1 Å². The van der Waals surface area contributed by atoms with Gasteiger partial charge in [-0.05, 0) is 61.2 Å². The molecule has 3 aromatic rings. The number of carbonyl (C=O) groups is 2. The molecule has 0 bridgehead atoms. The first-order valence-corrected chi connectivity index (χ1v) is 11.1. The lowest BCUT2D eigenvalue weighted by Crippen LogP contribution is -2.41. The molecule has 166 valence electrons. The predicted octanol–water partition coefficient (Wildman–Crippen LogP) is 3.17. The summed E-state index contributed by atoms with van der Waals surface area (Å²) in [7, 11) is 0. The first-order chi connectivity index (χ1) is 16.1. The van der Waals surface area contributed by atoms with Crippen molar-refractivity contribution >= 4 is 23.2 Å². The highest BCUT2D eigenvalue weighted by atomic mass is 16.2. The molecule has 2 aromatic carbocycles. The Morgan fingerprint density at radius 2 is 1.97 bits per heavy atom. The highest BCUT2D eigenvalue weighted by Crippen LogP contribution is 2.28. The number of hydrogen-bond acceptors (Lipinski definition) is 5. The average molecular weight is 441 g/mol. The first kappa shape index (κ1) is 20.9. The maximum Gasteiger partial charge on any atom is 0.277 e. The van der Waals surface area contributed by atoms with Gasteiger partial charge in [0.2, 0.25) is 0 Å².